The van der Waals surface area contributed by atoms with Crippen LogP contribution in [0.2, 0.25) is 0 Å². The van der Waals surface area contributed by atoms with Crippen LogP contribution in [0.15, 0.2) is 24.3 Å². The second-order valence-corrected chi connectivity index (χ2v) is 5.74. The number of nitriles is 1. The van der Waals surface area contributed by atoms with Crippen LogP contribution in [0.1, 0.15) is 42.5 Å². The largest absolute Gasteiger partial charge is 0.452 e. The number of hydrogen-bond acceptors (Lipinski definition) is 4. The lowest BCUT2D eigenvalue weighted by Crippen LogP contribution is -2.51. The maximum atomic E-state index is 13.1. The molecule has 1 saturated carbocycles. The van der Waals surface area contributed by atoms with E-state index in [0.29, 0.717) is 12.8 Å². The molecule has 23 heavy (non-hydrogen) atoms. The van der Waals surface area contributed by atoms with Gasteiger partial charge in [-0.2, -0.15) is 5.26 Å². The van der Waals surface area contributed by atoms with Gasteiger partial charge in [-0.1, -0.05) is 25.3 Å². The highest BCUT2D eigenvalue weighted by atomic mass is 19.1. The molecule has 0 atom stereocenters. The number of benzene rings is 1. The summed E-state index contributed by atoms with van der Waals surface area (Å²) in [6.45, 7) is -0.463. The molecule has 122 valence electrons. The van der Waals surface area contributed by atoms with E-state index in [1.165, 1.54) is 23.1 Å². The van der Waals surface area contributed by atoms with E-state index >= 15 is 0 Å². The van der Waals surface area contributed by atoms with Crippen LogP contribution in [0.25, 0.3) is 0 Å². The smallest absolute Gasteiger partial charge is 0.338 e. The normalized spacial score (nSPS) is 16.2. The minimum absolute atomic E-state index is 0.0492. The molecule has 0 radical (unpaired) electrons. The minimum Gasteiger partial charge on any atom is -0.452 e. The third-order valence-corrected chi connectivity index (χ3v) is 4.29. The van der Waals surface area contributed by atoms with Crippen LogP contribution in [-0.4, -0.2) is 36.0 Å². The number of nitrogens with zero attached hydrogens (tertiary/aromatic N) is 2. The Balaban J connectivity index is 1.96. The molecule has 1 aliphatic carbocycles. The fourth-order valence-electron chi connectivity index (χ4n) is 2.82. The molecule has 5 nitrogen and oxygen atoms in total. The quantitative estimate of drug-likeness (QED) is 0.800. The highest BCUT2D eigenvalue weighted by Crippen LogP contribution is 2.32. The fourth-order valence-corrected chi connectivity index (χ4v) is 2.82. The molecule has 1 aromatic rings. The summed E-state index contributed by atoms with van der Waals surface area (Å²) in [5.41, 5.74) is -0.770. The number of amides is 1. The third-order valence-electron chi connectivity index (χ3n) is 4.29. The molecule has 1 aliphatic rings. The summed E-state index contributed by atoms with van der Waals surface area (Å²) in [5.74, 6) is -1.74. The zero-order valence-corrected chi connectivity index (χ0v) is 13.0. The van der Waals surface area contributed by atoms with Gasteiger partial charge in [-0.25, -0.2) is 9.18 Å². The number of ether oxygens (including phenoxy) is 1. The molecule has 0 N–H and O–H groups in total. The van der Waals surface area contributed by atoms with Crippen molar-refractivity contribution in [3.8, 4) is 6.07 Å². The van der Waals surface area contributed by atoms with E-state index in [1.807, 2.05) is 0 Å². The second kappa shape index (κ2) is 7.23. The second-order valence-electron chi connectivity index (χ2n) is 5.74. The maximum Gasteiger partial charge on any atom is 0.338 e. The van der Waals surface area contributed by atoms with Crippen molar-refractivity contribution in [2.24, 2.45) is 0 Å². The number of halogens is 1. The predicted octanol–water partition coefficient (Wildman–Crippen LogP) is 2.67. The summed E-state index contributed by atoms with van der Waals surface area (Å²) in [4.78, 5) is 25.4. The maximum absolute atomic E-state index is 13.1. The average Bonchev–Trinajstić information content (AvgIpc) is 2.59. The lowest BCUT2D eigenvalue weighted by molar-refractivity contribution is -0.138. The van der Waals surface area contributed by atoms with Crippen LogP contribution < -0.4 is 0 Å². The summed E-state index contributed by atoms with van der Waals surface area (Å²) < 4.78 is 18.0. The van der Waals surface area contributed by atoms with Crippen molar-refractivity contribution in [1.29, 1.82) is 5.26 Å². The highest BCUT2D eigenvalue weighted by molar-refractivity contribution is 5.91. The van der Waals surface area contributed by atoms with Crippen molar-refractivity contribution in [2.75, 3.05) is 13.7 Å². The SMILES string of the molecule is CN(C(=O)COC(=O)c1cccc(F)c1)C1(C#N)CCCCC1. The van der Waals surface area contributed by atoms with Gasteiger partial charge < -0.3 is 9.64 Å². The van der Waals surface area contributed by atoms with Crippen molar-refractivity contribution >= 4 is 11.9 Å². The number of esters is 1. The van der Waals surface area contributed by atoms with Gasteiger partial charge in [-0.15, -0.1) is 0 Å². The molecule has 2 rings (SSSR count). The Bertz CT molecular complexity index is 633. The van der Waals surface area contributed by atoms with Crippen molar-refractivity contribution in [2.45, 2.75) is 37.6 Å². The van der Waals surface area contributed by atoms with E-state index < -0.39 is 29.8 Å². The van der Waals surface area contributed by atoms with Gasteiger partial charge in [-0.05, 0) is 31.0 Å². The van der Waals surface area contributed by atoms with Gasteiger partial charge in [-0.3, -0.25) is 4.79 Å². The van der Waals surface area contributed by atoms with Gasteiger partial charge in [0.05, 0.1) is 11.6 Å². The van der Waals surface area contributed by atoms with Gasteiger partial charge >= 0.3 is 5.97 Å². The van der Waals surface area contributed by atoms with Crippen LogP contribution in [0.4, 0.5) is 4.39 Å². The zero-order chi connectivity index (χ0) is 16.9. The minimum atomic E-state index is -0.819. The van der Waals surface area contributed by atoms with E-state index in [9.17, 15) is 19.2 Å². The monoisotopic (exact) mass is 318 g/mol. The zero-order valence-electron chi connectivity index (χ0n) is 13.0. The van der Waals surface area contributed by atoms with E-state index in [2.05, 4.69) is 6.07 Å². The summed E-state index contributed by atoms with van der Waals surface area (Å²) in [6, 6.07) is 7.32. The number of carbonyl (C=O) groups is 2. The molecule has 0 bridgehead atoms. The summed E-state index contributed by atoms with van der Waals surface area (Å²) >= 11 is 0. The van der Waals surface area contributed by atoms with Gasteiger partial charge in [0, 0.05) is 7.05 Å². The van der Waals surface area contributed by atoms with Crippen LogP contribution >= 0.6 is 0 Å². The van der Waals surface area contributed by atoms with Gasteiger partial charge in [0.15, 0.2) is 6.61 Å². The van der Waals surface area contributed by atoms with Gasteiger partial charge in [0.1, 0.15) is 11.4 Å². The average molecular weight is 318 g/mol. The van der Waals surface area contributed by atoms with Crippen LogP contribution in [0.5, 0.6) is 0 Å². The Morgan fingerprint density at radius 2 is 2.04 bits per heavy atom. The van der Waals surface area contributed by atoms with E-state index in [1.54, 1.807) is 7.05 Å². The van der Waals surface area contributed by atoms with Crippen LogP contribution in [-0.2, 0) is 9.53 Å². The summed E-state index contributed by atoms with van der Waals surface area (Å²) in [5, 5.41) is 9.45. The Labute approximate surface area is 134 Å². The Hall–Kier alpha value is -2.42. The van der Waals surface area contributed by atoms with Crippen LogP contribution in [0.3, 0.4) is 0 Å². The highest BCUT2D eigenvalue weighted by Gasteiger charge is 2.38. The number of rotatable bonds is 4. The Kier molecular flexibility index (Phi) is 5.32. The lowest BCUT2D eigenvalue weighted by Gasteiger charge is -2.38. The molecule has 0 aliphatic heterocycles. The first kappa shape index (κ1) is 16.9. The van der Waals surface area contributed by atoms with E-state index in [4.69, 9.17) is 4.74 Å². The molecule has 6 heteroatoms. The predicted molar refractivity (Wildman–Crippen MR) is 80.9 cm³/mol. The Morgan fingerprint density at radius 3 is 2.65 bits per heavy atom. The molecule has 0 spiro atoms. The molecular formula is C17H19FN2O3. The number of hydrogen-bond donors (Lipinski definition) is 0. The number of likely N-dealkylation sites (N-methyl/N-ethyl adjacent to an activating group) is 1. The van der Waals surface area contributed by atoms with Crippen LogP contribution in [0, 0.1) is 17.1 Å². The molecule has 0 saturated heterocycles. The van der Waals surface area contributed by atoms with Gasteiger partial charge in [0.25, 0.3) is 5.91 Å². The first-order chi connectivity index (χ1) is 11.0. The number of carbonyl (C=O) groups excluding carboxylic acids is 2. The van der Waals surface area contributed by atoms with Gasteiger partial charge in [0.2, 0.25) is 0 Å². The van der Waals surface area contributed by atoms with Crippen molar-refractivity contribution in [1.82, 2.24) is 4.90 Å². The van der Waals surface area contributed by atoms with Crippen molar-refractivity contribution in [3.63, 3.8) is 0 Å². The first-order valence-electron chi connectivity index (χ1n) is 7.59. The molecule has 1 fully saturated rings. The van der Waals surface area contributed by atoms with E-state index in [-0.39, 0.29) is 5.56 Å². The topological polar surface area (TPSA) is 70.4 Å². The molecular weight excluding hydrogens is 299 g/mol. The van der Waals surface area contributed by atoms with Crippen molar-refractivity contribution < 1.29 is 18.7 Å². The summed E-state index contributed by atoms with van der Waals surface area (Å²) in [6.07, 6.45) is 4.11. The fraction of sp³-hybridized carbons (Fsp3) is 0.471. The molecule has 0 unspecified atom stereocenters. The first-order valence-corrected chi connectivity index (χ1v) is 7.59. The standard InChI is InChI=1S/C17H19FN2O3/c1-20(17(12-19)8-3-2-4-9-17)15(21)11-23-16(22)13-6-5-7-14(18)10-13/h5-7,10H,2-4,8-9,11H2,1H3. The summed E-state index contributed by atoms with van der Waals surface area (Å²) in [7, 11) is 1.56. The molecule has 1 amide bonds. The van der Waals surface area contributed by atoms with E-state index in [0.717, 1.165) is 25.3 Å². The lowest BCUT2D eigenvalue weighted by atomic mass is 9.81. The third kappa shape index (κ3) is 3.86. The molecule has 0 aromatic heterocycles. The molecule has 0 heterocycles. The Morgan fingerprint density at radius 1 is 1.35 bits per heavy atom. The molecule has 1 aromatic carbocycles. The van der Waals surface area contributed by atoms with Crippen molar-refractivity contribution in [3.05, 3.63) is 35.6 Å².